The molecule has 65 heavy (non-hydrogen) atoms. The second-order valence-corrected chi connectivity index (χ2v) is 16.7. The SMILES string of the molecule is O=C(CCC(=O)N1Cc2ccccc2-c2n[nH]nc2-c2ccccc21)NCCSC[C@@H]1COCCN(Cc2cccc(C(=O)O)n2)CCOCCOCCN(Cc2ccccn2)CCO1. The van der Waals surface area contributed by atoms with Crippen LogP contribution in [0.5, 0.6) is 0 Å². The summed E-state index contributed by atoms with van der Waals surface area (Å²) in [5, 5.41) is 24.1. The van der Waals surface area contributed by atoms with E-state index in [1.807, 2.05) is 72.8 Å². The molecule has 18 heteroatoms. The molecule has 0 unspecified atom stereocenters. The topological polar surface area (TPSA) is 197 Å². The fourth-order valence-electron chi connectivity index (χ4n) is 7.59. The number of aromatic amines is 1. The van der Waals surface area contributed by atoms with Crippen molar-refractivity contribution < 1.29 is 38.4 Å². The molecule has 2 amide bonds. The van der Waals surface area contributed by atoms with Crippen LogP contribution in [0.25, 0.3) is 22.5 Å². The van der Waals surface area contributed by atoms with E-state index in [2.05, 4.69) is 40.5 Å². The summed E-state index contributed by atoms with van der Waals surface area (Å²) in [4.78, 5) is 53.4. The van der Waals surface area contributed by atoms with Gasteiger partial charge in [0.25, 0.3) is 0 Å². The molecular weight excluding hydrogens is 851 g/mol. The van der Waals surface area contributed by atoms with Gasteiger partial charge in [-0.15, -0.1) is 0 Å². The largest absolute Gasteiger partial charge is 0.477 e. The summed E-state index contributed by atoms with van der Waals surface area (Å²) in [5.74, 6) is -0.119. The summed E-state index contributed by atoms with van der Waals surface area (Å²) < 4.78 is 24.5. The van der Waals surface area contributed by atoms with Crippen molar-refractivity contribution in [2.45, 2.75) is 38.6 Å². The predicted octanol–water partition coefficient (Wildman–Crippen LogP) is 4.56. The fraction of sp³-hybridized carbons (Fsp3) is 0.426. The van der Waals surface area contributed by atoms with Crippen LogP contribution in [-0.4, -0.2) is 155 Å². The number of carbonyl (C=O) groups is 3. The molecule has 7 rings (SSSR count). The Kier molecular flexibility index (Phi) is 18.4. The Balaban J connectivity index is 0.906. The number of carbonyl (C=O) groups excluding carboxylic acids is 2. The van der Waals surface area contributed by atoms with Crippen LogP contribution in [0.4, 0.5) is 5.69 Å². The lowest BCUT2D eigenvalue weighted by Crippen LogP contribution is -2.35. The third-order valence-electron chi connectivity index (χ3n) is 11.0. The molecule has 344 valence electrons. The molecule has 0 aliphatic carbocycles. The first-order valence-corrected chi connectivity index (χ1v) is 23.2. The number of fused-ring (bicyclic) bond motifs is 5. The van der Waals surface area contributed by atoms with Gasteiger partial charge < -0.3 is 34.3 Å². The number of amides is 2. The van der Waals surface area contributed by atoms with Gasteiger partial charge in [-0.05, 0) is 35.9 Å². The Bertz CT molecular complexity index is 2290. The number of hydrogen-bond acceptors (Lipinski definition) is 14. The summed E-state index contributed by atoms with van der Waals surface area (Å²) in [5.41, 5.74) is 6.40. The van der Waals surface area contributed by atoms with Gasteiger partial charge in [-0.3, -0.25) is 24.4 Å². The van der Waals surface area contributed by atoms with Crippen molar-refractivity contribution in [3.8, 4) is 22.5 Å². The van der Waals surface area contributed by atoms with E-state index in [1.54, 1.807) is 28.9 Å². The molecule has 2 aliphatic rings. The van der Waals surface area contributed by atoms with Crippen molar-refractivity contribution in [1.82, 2.24) is 40.5 Å². The lowest BCUT2D eigenvalue weighted by atomic mass is 9.95. The minimum absolute atomic E-state index is 0.00387. The van der Waals surface area contributed by atoms with Crippen molar-refractivity contribution in [3.63, 3.8) is 0 Å². The van der Waals surface area contributed by atoms with Crippen molar-refractivity contribution in [2.75, 3.05) is 95.4 Å². The first-order valence-electron chi connectivity index (χ1n) is 22.0. The number of hydrogen-bond donors (Lipinski definition) is 3. The number of thioether (sulfide) groups is 1. The van der Waals surface area contributed by atoms with E-state index in [0.29, 0.717) is 121 Å². The zero-order chi connectivity index (χ0) is 45.1. The van der Waals surface area contributed by atoms with E-state index in [0.717, 1.165) is 33.8 Å². The monoisotopic (exact) mass is 907 g/mol. The third-order valence-corrected chi connectivity index (χ3v) is 12.1. The molecule has 0 spiro atoms. The van der Waals surface area contributed by atoms with Crippen LogP contribution in [0, 0.1) is 0 Å². The quantitative estimate of drug-likeness (QED) is 0.139. The number of aromatic nitrogens is 5. The summed E-state index contributed by atoms with van der Waals surface area (Å²) in [7, 11) is 0. The summed E-state index contributed by atoms with van der Waals surface area (Å²) >= 11 is 1.66. The van der Waals surface area contributed by atoms with Crippen LogP contribution in [0.2, 0.25) is 0 Å². The minimum Gasteiger partial charge on any atom is -0.477 e. The summed E-state index contributed by atoms with van der Waals surface area (Å²) in [6.45, 7) is 7.59. The smallest absolute Gasteiger partial charge is 0.354 e. The lowest BCUT2D eigenvalue weighted by Gasteiger charge is -2.28. The van der Waals surface area contributed by atoms with Gasteiger partial charge in [0, 0.05) is 87.5 Å². The van der Waals surface area contributed by atoms with Gasteiger partial charge in [-0.2, -0.15) is 27.2 Å². The predicted molar refractivity (Wildman–Crippen MR) is 246 cm³/mol. The van der Waals surface area contributed by atoms with Gasteiger partial charge in [-0.25, -0.2) is 9.78 Å². The summed E-state index contributed by atoms with van der Waals surface area (Å²) in [6.07, 6.45) is 1.69. The summed E-state index contributed by atoms with van der Waals surface area (Å²) in [6, 6.07) is 26.4. The molecular formula is C47H57N9O8S. The number of benzene rings is 2. The number of anilines is 1. The molecule has 1 atom stereocenters. The fourth-order valence-corrected chi connectivity index (χ4v) is 8.46. The first kappa shape index (κ1) is 47.4. The Morgan fingerprint density at radius 1 is 0.738 bits per heavy atom. The van der Waals surface area contributed by atoms with Gasteiger partial charge in [0.1, 0.15) is 17.1 Å². The van der Waals surface area contributed by atoms with E-state index >= 15 is 0 Å². The van der Waals surface area contributed by atoms with Crippen LogP contribution < -0.4 is 10.2 Å². The Hall–Kier alpha value is -5.60. The first-order chi connectivity index (χ1) is 31.9. The molecule has 0 saturated carbocycles. The highest BCUT2D eigenvalue weighted by atomic mass is 32.2. The number of aromatic carboxylic acids is 1. The normalized spacial score (nSPS) is 17.3. The average Bonchev–Trinajstić information content (AvgIpc) is 3.80. The number of carboxylic acid groups (broad SMARTS) is 1. The molecule has 0 radical (unpaired) electrons. The van der Waals surface area contributed by atoms with E-state index in [-0.39, 0.29) is 36.5 Å². The highest BCUT2D eigenvalue weighted by Gasteiger charge is 2.28. The highest BCUT2D eigenvalue weighted by molar-refractivity contribution is 7.99. The molecule has 5 heterocycles. The molecule has 1 fully saturated rings. The number of pyridine rings is 2. The maximum atomic E-state index is 13.9. The standard InChI is InChI=1S/C47H57N9O8S/c57-43(15-16-44(58)56-30-35-8-1-2-11-39(35)45-46(52-53-51-45)40-12-3-4-14-42(40)56)49-18-29-65-34-38-33-63-25-21-54(32-37-10-7-13-41(50-37)47(59)60)19-23-61-27-28-62-24-20-55(22-26-64-38)31-36-9-5-6-17-48-36/h1-14,17,38H,15-16,18-34H2,(H,49,57)(H,59,60)(H,51,52,53)/t38-/m0/s1. The Morgan fingerprint density at radius 3 is 2.18 bits per heavy atom. The molecule has 2 aliphatic heterocycles. The van der Waals surface area contributed by atoms with Crippen LogP contribution >= 0.6 is 11.8 Å². The van der Waals surface area contributed by atoms with Crippen LogP contribution in [-0.2, 0) is 48.2 Å². The number of carboxylic acids is 1. The van der Waals surface area contributed by atoms with Crippen LogP contribution in [0.1, 0.15) is 40.3 Å². The van der Waals surface area contributed by atoms with E-state index < -0.39 is 5.97 Å². The van der Waals surface area contributed by atoms with Gasteiger partial charge >= 0.3 is 5.97 Å². The van der Waals surface area contributed by atoms with Crippen molar-refractivity contribution in [3.05, 3.63) is 114 Å². The zero-order valence-electron chi connectivity index (χ0n) is 36.5. The molecule has 3 aromatic heterocycles. The van der Waals surface area contributed by atoms with Gasteiger partial charge in [0.05, 0.1) is 76.0 Å². The molecule has 17 nitrogen and oxygen atoms in total. The second-order valence-electron chi connectivity index (χ2n) is 15.6. The number of nitrogens with zero attached hydrogens (tertiary/aromatic N) is 7. The number of nitrogens with one attached hydrogen (secondary N) is 2. The van der Waals surface area contributed by atoms with Gasteiger partial charge in [0.2, 0.25) is 11.8 Å². The zero-order valence-corrected chi connectivity index (χ0v) is 37.3. The molecule has 0 bridgehead atoms. The van der Waals surface area contributed by atoms with E-state index in [4.69, 9.17) is 18.9 Å². The van der Waals surface area contributed by atoms with Crippen molar-refractivity contribution in [2.24, 2.45) is 0 Å². The Morgan fingerprint density at radius 2 is 1.42 bits per heavy atom. The average molecular weight is 908 g/mol. The lowest BCUT2D eigenvalue weighted by molar-refractivity contribution is -0.125. The highest BCUT2D eigenvalue weighted by Crippen LogP contribution is 2.40. The van der Waals surface area contributed by atoms with E-state index in [1.165, 1.54) is 6.07 Å². The Labute approximate surface area is 383 Å². The number of ether oxygens (including phenoxy) is 4. The molecule has 3 N–H and O–H groups in total. The van der Waals surface area contributed by atoms with Crippen molar-refractivity contribution in [1.29, 1.82) is 0 Å². The maximum Gasteiger partial charge on any atom is 0.354 e. The number of H-pyrrole nitrogens is 1. The van der Waals surface area contributed by atoms with Gasteiger partial charge in [-0.1, -0.05) is 54.6 Å². The maximum absolute atomic E-state index is 13.9. The number of para-hydroxylation sites is 1. The molecule has 2 aromatic carbocycles. The van der Waals surface area contributed by atoms with Crippen LogP contribution in [0.3, 0.4) is 0 Å². The van der Waals surface area contributed by atoms with Crippen LogP contribution in [0.15, 0.2) is 91.1 Å². The third kappa shape index (κ3) is 14.4. The second kappa shape index (κ2) is 25.2. The molecule has 5 aromatic rings. The van der Waals surface area contributed by atoms with E-state index in [9.17, 15) is 19.5 Å². The minimum atomic E-state index is -1.07. The number of rotatable bonds is 13. The van der Waals surface area contributed by atoms with Gasteiger partial charge in [0.15, 0.2) is 0 Å². The molecule has 1 saturated heterocycles. The van der Waals surface area contributed by atoms with Crippen molar-refractivity contribution >= 4 is 35.2 Å².